The second kappa shape index (κ2) is 10.1. The number of thiophene rings is 2. The lowest BCUT2D eigenvalue weighted by atomic mass is 9.67. The van der Waals surface area contributed by atoms with Crippen LogP contribution in [0, 0.1) is 23.7 Å². The predicted octanol–water partition coefficient (Wildman–Crippen LogP) is 5.87. The highest BCUT2D eigenvalue weighted by Gasteiger charge is 2.45. The van der Waals surface area contributed by atoms with E-state index < -0.39 is 0 Å². The summed E-state index contributed by atoms with van der Waals surface area (Å²) in [5, 5.41) is 10.5. The topological polar surface area (TPSA) is 76.0 Å². The number of hydrazone groups is 1. The van der Waals surface area contributed by atoms with Gasteiger partial charge in [-0.15, -0.1) is 22.7 Å². The molecule has 0 radical (unpaired) electrons. The smallest absolute Gasteiger partial charge is 0.309 e. The number of fused-ring (bicyclic) bond motifs is 3. The van der Waals surface area contributed by atoms with Gasteiger partial charge in [-0.05, 0) is 79.5 Å². The molecule has 2 bridgehead atoms. The van der Waals surface area contributed by atoms with Gasteiger partial charge in [0.25, 0.3) is 5.91 Å². The molecular weight excluding hydrogens is 492 g/mol. The fraction of sp³-hybridized carbons (Fsp3) is 0.500. The Bertz CT molecular complexity index is 1180. The number of ether oxygens (including phenoxy) is 1. The van der Waals surface area contributed by atoms with E-state index in [4.69, 9.17) is 9.84 Å². The lowest BCUT2D eigenvalue weighted by Gasteiger charge is -2.36. The van der Waals surface area contributed by atoms with E-state index >= 15 is 0 Å². The van der Waals surface area contributed by atoms with Crippen LogP contribution in [0.2, 0.25) is 0 Å². The van der Waals surface area contributed by atoms with Crippen molar-refractivity contribution in [1.82, 2.24) is 5.01 Å². The van der Waals surface area contributed by atoms with Crippen molar-refractivity contribution in [2.45, 2.75) is 57.4 Å². The molecule has 2 aromatic rings. The maximum absolute atomic E-state index is 13.4. The molecule has 36 heavy (non-hydrogen) atoms. The van der Waals surface area contributed by atoms with Crippen LogP contribution in [-0.4, -0.2) is 35.0 Å². The highest BCUT2D eigenvalue weighted by Crippen LogP contribution is 2.46. The van der Waals surface area contributed by atoms with Crippen LogP contribution < -0.4 is 0 Å². The molecule has 4 aliphatic rings. The molecule has 1 aliphatic heterocycles. The van der Waals surface area contributed by atoms with Gasteiger partial charge in [0.15, 0.2) is 6.61 Å². The van der Waals surface area contributed by atoms with Crippen molar-refractivity contribution in [1.29, 1.82) is 0 Å². The van der Waals surface area contributed by atoms with Crippen molar-refractivity contribution in [3.05, 3.63) is 50.4 Å². The molecule has 0 N–H and O–H groups in total. The number of amides is 1. The standard InChI is InChI=1S/C28H30N2O4S2/c31-24(16-34-28(33)20-13-18-6-1-7-19(14-20)27(18)32)30-26(23-10-4-12-36-23)22-9-2-5-17(25(22)29-30)15-21-8-3-11-35-21/h3-4,8,10-12,15,18-20,22,26H,1-2,5-7,9,13-14,16H2/b17-15-/t18-,19+,20?,22-,26-/m1/s1. The summed E-state index contributed by atoms with van der Waals surface area (Å²) in [6.07, 6.45) is 9.11. The minimum Gasteiger partial charge on any atom is -0.455 e. The molecule has 0 saturated heterocycles. The van der Waals surface area contributed by atoms with Gasteiger partial charge in [-0.2, -0.15) is 5.10 Å². The molecule has 2 aromatic heterocycles. The van der Waals surface area contributed by atoms with Crippen molar-refractivity contribution >= 4 is 52.1 Å². The number of ketones is 1. The van der Waals surface area contributed by atoms with Gasteiger partial charge in [-0.1, -0.05) is 18.6 Å². The third-order valence-electron chi connectivity index (χ3n) is 8.17. The maximum atomic E-state index is 13.4. The van der Waals surface area contributed by atoms with Gasteiger partial charge < -0.3 is 4.74 Å². The average molecular weight is 523 g/mol. The van der Waals surface area contributed by atoms with Crippen molar-refractivity contribution in [2.24, 2.45) is 28.8 Å². The minimum atomic E-state index is -0.344. The molecule has 1 unspecified atom stereocenters. The molecule has 3 saturated carbocycles. The SMILES string of the molecule is O=C(OCC(=O)N1N=C2/C(=C\c3cccs3)CCC[C@H]2[C@@H]1c1cccs1)C1C[C@H]2CCC[C@@H](C1)C2=O. The number of Topliss-reactive ketones (excluding diaryl/α,β-unsaturated/α-hetero) is 1. The number of hydrogen-bond acceptors (Lipinski definition) is 7. The van der Waals surface area contributed by atoms with Crippen LogP contribution in [0.1, 0.15) is 67.2 Å². The lowest BCUT2D eigenvalue weighted by molar-refractivity contribution is -0.159. The van der Waals surface area contributed by atoms with Crippen LogP contribution in [0.15, 0.2) is 45.7 Å². The average Bonchev–Trinajstić information content (AvgIpc) is 3.63. The highest BCUT2D eigenvalue weighted by atomic mass is 32.1. The van der Waals surface area contributed by atoms with E-state index in [0.29, 0.717) is 18.6 Å². The zero-order chi connectivity index (χ0) is 24.6. The Labute approximate surface area is 219 Å². The van der Waals surface area contributed by atoms with Gasteiger partial charge in [-0.3, -0.25) is 14.4 Å². The summed E-state index contributed by atoms with van der Waals surface area (Å²) in [6.45, 7) is -0.312. The zero-order valence-electron chi connectivity index (χ0n) is 20.1. The van der Waals surface area contributed by atoms with Crippen LogP contribution in [0.25, 0.3) is 6.08 Å². The van der Waals surface area contributed by atoms with Crippen LogP contribution >= 0.6 is 22.7 Å². The van der Waals surface area contributed by atoms with E-state index in [-0.39, 0.29) is 48.2 Å². The first-order valence-corrected chi connectivity index (χ1v) is 14.7. The summed E-state index contributed by atoms with van der Waals surface area (Å²) in [4.78, 5) is 41.0. The van der Waals surface area contributed by atoms with E-state index in [1.807, 2.05) is 17.5 Å². The van der Waals surface area contributed by atoms with Crippen LogP contribution in [0.4, 0.5) is 0 Å². The Morgan fingerprint density at radius 1 is 1.06 bits per heavy atom. The summed E-state index contributed by atoms with van der Waals surface area (Å²) in [6, 6.07) is 8.05. The molecular formula is C28H30N2O4S2. The molecule has 0 aromatic carbocycles. The fourth-order valence-electron chi connectivity index (χ4n) is 6.48. The molecule has 3 heterocycles. The van der Waals surface area contributed by atoms with Gasteiger partial charge in [0, 0.05) is 27.5 Å². The van der Waals surface area contributed by atoms with Crippen LogP contribution in [0.3, 0.4) is 0 Å². The molecule has 8 heteroatoms. The minimum absolute atomic E-state index is 0.0179. The van der Waals surface area contributed by atoms with Crippen molar-refractivity contribution in [2.75, 3.05) is 6.61 Å². The molecule has 6 nitrogen and oxygen atoms in total. The van der Waals surface area contributed by atoms with Gasteiger partial charge in [-0.25, -0.2) is 5.01 Å². The number of allylic oxidation sites excluding steroid dienone is 1. The summed E-state index contributed by atoms with van der Waals surface area (Å²) in [5.41, 5.74) is 2.19. The quantitative estimate of drug-likeness (QED) is 0.460. The van der Waals surface area contributed by atoms with E-state index in [0.717, 1.165) is 49.1 Å². The third kappa shape index (κ3) is 4.50. The summed E-state index contributed by atoms with van der Waals surface area (Å²) in [5.74, 6) is -0.485. The molecule has 6 rings (SSSR count). The monoisotopic (exact) mass is 522 g/mol. The number of esters is 1. The first-order valence-electron chi connectivity index (χ1n) is 13.0. The normalized spacial score (nSPS) is 30.7. The van der Waals surface area contributed by atoms with Gasteiger partial charge in [0.05, 0.1) is 17.7 Å². The van der Waals surface area contributed by atoms with Crippen molar-refractivity contribution in [3.63, 3.8) is 0 Å². The lowest BCUT2D eigenvalue weighted by Crippen LogP contribution is -2.40. The Hall–Kier alpha value is -2.58. The Balaban J connectivity index is 1.19. The zero-order valence-corrected chi connectivity index (χ0v) is 21.8. The fourth-order valence-corrected chi connectivity index (χ4v) is 8.04. The first kappa shape index (κ1) is 23.8. The molecule has 3 fully saturated rings. The second-order valence-corrected chi connectivity index (χ2v) is 12.3. The Kier molecular flexibility index (Phi) is 6.65. The predicted molar refractivity (Wildman–Crippen MR) is 140 cm³/mol. The van der Waals surface area contributed by atoms with E-state index in [2.05, 4.69) is 23.6 Å². The van der Waals surface area contributed by atoms with Gasteiger partial charge in [0.2, 0.25) is 0 Å². The number of carbonyl (C=O) groups is 3. The molecule has 3 aliphatic carbocycles. The highest BCUT2D eigenvalue weighted by molar-refractivity contribution is 7.11. The van der Waals surface area contributed by atoms with Gasteiger partial charge in [0.1, 0.15) is 5.78 Å². The largest absolute Gasteiger partial charge is 0.455 e. The summed E-state index contributed by atoms with van der Waals surface area (Å²) < 4.78 is 5.57. The van der Waals surface area contributed by atoms with Crippen molar-refractivity contribution in [3.8, 4) is 0 Å². The molecule has 188 valence electrons. The second-order valence-electron chi connectivity index (χ2n) is 10.4. The summed E-state index contributed by atoms with van der Waals surface area (Å²) >= 11 is 3.33. The number of nitrogens with zero attached hydrogens (tertiary/aromatic N) is 2. The number of carbonyl (C=O) groups excluding carboxylic acids is 3. The number of rotatable bonds is 5. The maximum Gasteiger partial charge on any atom is 0.309 e. The Morgan fingerprint density at radius 3 is 2.56 bits per heavy atom. The third-order valence-corrected chi connectivity index (χ3v) is 9.93. The summed E-state index contributed by atoms with van der Waals surface area (Å²) in [7, 11) is 0. The van der Waals surface area contributed by atoms with E-state index in [1.54, 1.807) is 27.7 Å². The van der Waals surface area contributed by atoms with Gasteiger partial charge >= 0.3 is 5.97 Å². The Morgan fingerprint density at radius 2 is 1.83 bits per heavy atom. The first-order chi connectivity index (χ1) is 17.6. The van der Waals surface area contributed by atoms with Crippen LogP contribution in [0.5, 0.6) is 0 Å². The van der Waals surface area contributed by atoms with E-state index in [9.17, 15) is 14.4 Å². The molecule has 0 spiro atoms. The number of hydrogen-bond donors (Lipinski definition) is 0. The van der Waals surface area contributed by atoms with Crippen LogP contribution in [-0.2, 0) is 19.1 Å². The molecule has 1 amide bonds. The van der Waals surface area contributed by atoms with E-state index in [1.165, 1.54) is 10.5 Å². The van der Waals surface area contributed by atoms with Crippen molar-refractivity contribution < 1.29 is 19.1 Å². The molecule has 5 atom stereocenters.